The van der Waals surface area contributed by atoms with E-state index in [9.17, 15) is 9.90 Å². The fraction of sp³-hybridized carbons (Fsp3) is 0.133. The van der Waals surface area contributed by atoms with E-state index in [1.165, 1.54) is 12.1 Å². The topological polar surface area (TPSA) is 58.6 Å². The molecule has 2 N–H and O–H groups in total. The molecular weight excluding hydrogens is 349 g/mol. The minimum atomic E-state index is -1.11. The zero-order valence-electron chi connectivity index (χ0n) is 11.3. The van der Waals surface area contributed by atoms with Gasteiger partial charge in [-0.25, -0.2) is 4.79 Å². The van der Waals surface area contributed by atoms with Crippen molar-refractivity contribution in [3.63, 3.8) is 0 Å². The standard InChI is InChI=1S/C15H12Cl3NO3/c16-9-1-3-11(4-2-9)22-6-5-19-14-12(15(20)21)7-10(17)8-13(14)18/h1-4,7-8,19H,5-6H2,(H,20,21). The lowest BCUT2D eigenvalue weighted by atomic mass is 10.2. The van der Waals surface area contributed by atoms with Crippen molar-refractivity contribution < 1.29 is 14.6 Å². The maximum absolute atomic E-state index is 11.2. The van der Waals surface area contributed by atoms with Gasteiger partial charge >= 0.3 is 5.97 Å². The van der Waals surface area contributed by atoms with Gasteiger partial charge in [0.1, 0.15) is 12.4 Å². The van der Waals surface area contributed by atoms with E-state index >= 15 is 0 Å². The van der Waals surface area contributed by atoms with Crippen molar-refractivity contribution in [3.05, 3.63) is 57.0 Å². The first-order valence-electron chi connectivity index (χ1n) is 6.32. The van der Waals surface area contributed by atoms with E-state index in [2.05, 4.69) is 5.32 Å². The second-order valence-corrected chi connectivity index (χ2v) is 5.62. The molecule has 0 radical (unpaired) electrons. The van der Waals surface area contributed by atoms with Crippen molar-refractivity contribution >= 4 is 46.5 Å². The lowest BCUT2D eigenvalue weighted by molar-refractivity contribution is 0.0698. The third-order valence-electron chi connectivity index (χ3n) is 2.77. The normalized spacial score (nSPS) is 10.3. The molecule has 0 aliphatic rings. The molecule has 0 aromatic heterocycles. The number of halogens is 3. The molecule has 0 aliphatic carbocycles. The second-order valence-electron chi connectivity index (χ2n) is 4.34. The summed E-state index contributed by atoms with van der Waals surface area (Å²) in [5.41, 5.74) is 0.335. The molecule has 2 aromatic rings. The van der Waals surface area contributed by atoms with Gasteiger partial charge in [0.15, 0.2) is 0 Å². The molecule has 7 heteroatoms. The molecule has 0 amide bonds. The molecule has 0 atom stereocenters. The van der Waals surface area contributed by atoms with Crippen LogP contribution in [0.4, 0.5) is 5.69 Å². The zero-order chi connectivity index (χ0) is 16.1. The SMILES string of the molecule is O=C(O)c1cc(Cl)cc(Cl)c1NCCOc1ccc(Cl)cc1. The highest BCUT2D eigenvalue weighted by atomic mass is 35.5. The van der Waals surface area contributed by atoms with Gasteiger partial charge < -0.3 is 15.2 Å². The van der Waals surface area contributed by atoms with Crippen LogP contribution in [0.25, 0.3) is 0 Å². The number of hydrogen-bond donors (Lipinski definition) is 2. The van der Waals surface area contributed by atoms with Gasteiger partial charge in [0.25, 0.3) is 0 Å². The van der Waals surface area contributed by atoms with Gasteiger partial charge in [-0.15, -0.1) is 0 Å². The molecule has 0 spiro atoms. The molecule has 0 saturated heterocycles. The van der Waals surface area contributed by atoms with E-state index in [1.54, 1.807) is 24.3 Å². The van der Waals surface area contributed by atoms with Crippen LogP contribution in [0.1, 0.15) is 10.4 Å². The number of rotatable bonds is 6. The summed E-state index contributed by atoms with van der Waals surface area (Å²) >= 11 is 17.6. The molecule has 0 fully saturated rings. The zero-order valence-corrected chi connectivity index (χ0v) is 13.5. The Balaban J connectivity index is 1.97. The van der Waals surface area contributed by atoms with Gasteiger partial charge in [-0.3, -0.25) is 0 Å². The number of nitrogens with one attached hydrogen (secondary N) is 1. The van der Waals surface area contributed by atoms with Gasteiger partial charge in [-0.2, -0.15) is 0 Å². The third kappa shape index (κ3) is 4.44. The highest BCUT2D eigenvalue weighted by molar-refractivity contribution is 6.37. The van der Waals surface area contributed by atoms with Gasteiger partial charge in [0.05, 0.1) is 16.3 Å². The number of carboxylic acid groups (broad SMARTS) is 1. The van der Waals surface area contributed by atoms with Gasteiger partial charge in [-0.05, 0) is 36.4 Å². The molecule has 0 unspecified atom stereocenters. The van der Waals surface area contributed by atoms with Crippen LogP contribution in [0.2, 0.25) is 15.1 Å². The molecule has 0 saturated carbocycles. The van der Waals surface area contributed by atoms with E-state index in [-0.39, 0.29) is 15.6 Å². The monoisotopic (exact) mass is 359 g/mol. The van der Waals surface area contributed by atoms with Crippen molar-refractivity contribution in [2.24, 2.45) is 0 Å². The van der Waals surface area contributed by atoms with Crippen LogP contribution in [0.5, 0.6) is 5.75 Å². The maximum atomic E-state index is 11.2. The largest absolute Gasteiger partial charge is 0.492 e. The predicted molar refractivity (Wildman–Crippen MR) is 88.9 cm³/mol. The number of carboxylic acids is 1. The van der Waals surface area contributed by atoms with Crippen LogP contribution < -0.4 is 10.1 Å². The third-order valence-corrected chi connectivity index (χ3v) is 3.54. The van der Waals surface area contributed by atoms with E-state index in [0.717, 1.165) is 0 Å². The molecule has 4 nitrogen and oxygen atoms in total. The Morgan fingerprint density at radius 1 is 1.09 bits per heavy atom. The Hall–Kier alpha value is -1.62. The molecule has 2 aromatic carbocycles. The summed E-state index contributed by atoms with van der Waals surface area (Å²) in [6.45, 7) is 0.712. The Kier molecular flexibility index (Phi) is 5.77. The summed E-state index contributed by atoms with van der Waals surface area (Å²) in [6.07, 6.45) is 0. The molecule has 22 heavy (non-hydrogen) atoms. The van der Waals surface area contributed by atoms with E-state index < -0.39 is 5.97 Å². The Bertz CT molecular complexity index is 674. The first-order valence-corrected chi connectivity index (χ1v) is 7.45. The number of hydrogen-bond acceptors (Lipinski definition) is 3. The summed E-state index contributed by atoms with van der Waals surface area (Å²) in [6, 6.07) is 9.78. The summed E-state index contributed by atoms with van der Waals surface area (Å²) in [5, 5.41) is 13.3. The molecule has 116 valence electrons. The van der Waals surface area contributed by atoms with Gasteiger partial charge in [0, 0.05) is 16.6 Å². The summed E-state index contributed by atoms with van der Waals surface area (Å²) < 4.78 is 5.51. The average Bonchev–Trinajstić information content (AvgIpc) is 2.46. The van der Waals surface area contributed by atoms with E-state index in [4.69, 9.17) is 39.5 Å². The summed E-state index contributed by atoms with van der Waals surface area (Å²) in [5.74, 6) is -0.433. The summed E-state index contributed by atoms with van der Waals surface area (Å²) in [7, 11) is 0. The molecule has 0 aliphatic heterocycles. The first kappa shape index (κ1) is 16.7. The maximum Gasteiger partial charge on any atom is 0.337 e. The van der Waals surface area contributed by atoms with Crippen LogP contribution >= 0.6 is 34.8 Å². The minimum absolute atomic E-state index is 0.0176. The van der Waals surface area contributed by atoms with E-state index in [1.807, 2.05) is 0 Å². The Morgan fingerprint density at radius 3 is 2.41 bits per heavy atom. The number of carbonyl (C=O) groups is 1. The average molecular weight is 361 g/mol. The van der Waals surface area contributed by atoms with Crippen LogP contribution in [0, 0.1) is 0 Å². The highest BCUT2D eigenvalue weighted by Gasteiger charge is 2.14. The fourth-order valence-electron chi connectivity index (χ4n) is 1.80. The lowest BCUT2D eigenvalue weighted by Crippen LogP contribution is -2.14. The number of ether oxygens (including phenoxy) is 1. The van der Waals surface area contributed by atoms with E-state index in [0.29, 0.717) is 29.6 Å². The minimum Gasteiger partial charge on any atom is -0.492 e. The number of benzene rings is 2. The van der Waals surface area contributed by atoms with Crippen molar-refractivity contribution in [2.75, 3.05) is 18.5 Å². The number of aromatic carboxylic acids is 1. The molecular formula is C15H12Cl3NO3. The Morgan fingerprint density at radius 2 is 1.77 bits per heavy atom. The quantitative estimate of drug-likeness (QED) is 0.724. The first-order chi connectivity index (χ1) is 10.5. The highest BCUT2D eigenvalue weighted by Crippen LogP contribution is 2.30. The van der Waals surface area contributed by atoms with Crippen LogP contribution in [-0.4, -0.2) is 24.2 Å². The van der Waals surface area contributed by atoms with Crippen LogP contribution in [0.15, 0.2) is 36.4 Å². The van der Waals surface area contributed by atoms with Crippen molar-refractivity contribution in [2.45, 2.75) is 0 Å². The van der Waals surface area contributed by atoms with Gasteiger partial charge in [0.2, 0.25) is 0 Å². The van der Waals surface area contributed by atoms with Crippen LogP contribution in [0.3, 0.4) is 0 Å². The number of anilines is 1. The van der Waals surface area contributed by atoms with Crippen molar-refractivity contribution in [1.29, 1.82) is 0 Å². The second kappa shape index (κ2) is 7.58. The fourth-order valence-corrected chi connectivity index (χ4v) is 2.48. The Labute approximate surface area is 142 Å². The van der Waals surface area contributed by atoms with Crippen molar-refractivity contribution in [3.8, 4) is 5.75 Å². The molecule has 0 heterocycles. The van der Waals surface area contributed by atoms with Crippen LogP contribution in [-0.2, 0) is 0 Å². The summed E-state index contributed by atoms with van der Waals surface area (Å²) in [4.78, 5) is 11.2. The van der Waals surface area contributed by atoms with Gasteiger partial charge in [-0.1, -0.05) is 34.8 Å². The molecule has 2 rings (SSSR count). The predicted octanol–water partition coefficient (Wildman–Crippen LogP) is 4.84. The lowest BCUT2D eigenvalue weighted by Gasteiger charge is -2.13. The molecule has 0 bridgehead atoms. The van der Waals surface area contributed by atoms with Crippen molar-refractivity contribution in [1.82, 2.24) is 0 Å². The smallest absolute Gasteiger partial charge is 0.337 e.